The van der Waals surface area contributed by atoms with Crippen molar-refractivity contribution in [3.05, 3.63) is 54.1 Å². The molecule has 2 aromatic carbocycles. The summed E-state index contributed by atoms with van der Waals surface area (Å²) in [5.41, 5.74) is 0.715. The molecule has 0 spiro atoms. The van der Waals surface area contributed by atoms with Crippen molar-refractivity contribution in [2.24, 2.45) is 0 Å². The average molecular weight is 398 g/mol. The molecule has 0 saturated heterocycles. The first kappa shape index (κ1) is 19.9. The van der Waals surface area contributed by atoms with Gasteiger partial charge in [-0.3, -0.25) is 19.7 Å². The zero-order valence-corrected chi connectivity index (χ0v) is 15.5. The summed E-state index contributed by atoms with van der Waals surface area (Å²) in [6.45, 7) is 0.685. The minimum Gasteiger partial charge on any atom is -0.485 e. The van der Waals surface area contributed by atoms with Crippen LogP contribution in [0.2, 0.25) is 0 Å². The molecule has 29 heavy (non-hydrogen) atoms. The zero-order chi connectivity index (χ0) is 20.8. The third kappa shape index (κ3) is 5.32. The van der Waals surface area contributed by atoms with Gasteiger partial charge in [-0.2, -0.15) is 0 Å². The van der Waals surface area contributed by atoms with Crippen molar-refractivity contribution in [3.8, 4) is 11.5 Å². The van der Waals surface area contributed by atoms with Crippen LogP contribution in [0, 0.1) is 0 Å². The summed E-state index contributed by atoms with van der Waals surface area (Å²) in [4.78, 5) is 47.0. The maximum absolute atomic E-state index is 12.1. The van der Waals surface area contributed by atoms with Crippen LogP contribution in [0.1, 0.15) is 17.3 Å². The highest BCUT2D eigenvalue weighted by atomic mass is 16.6. The molecule has 0 radical (unpaired) electrons. The molecular weight excluding hydrogens is 380 g/mol. The number of amides is 3. The molecule has 0 bridgehead atoms. The highest BCUT2D eigenvalue weighted by Gasteiger charge is 2.28. The van der Waals surface area contributed by atoms with Gasteiger partial charge in [-0.05, 0) is 36.4 Å². The minimum atomic E-state index is -0.995. The molecule has 0 aromatic heterocycles. The second-order valence-corrected chi connectivity index (χ2v) is 6.11. The van der Waals surface area contributed by atoms with Crippen molar-refractivity contribution >= 4 is 29.4 Å². The number of nitrogens with one attached hydrogen (secondary N) is 2. The largest absolute Gasteiger partial charge is 0.485 e. The fourth-order valence-electron chi connectivity index (χ4n) is 2.51. The lowest BCUT2D eigenvalue weighted by molar-refractivity contribution is -0.137. The van der Waals surface area contributed by atoms with Crippen LogP contribution in [-0.2, 0) is 19.1 Å². The molecule has 0 aliphatic carbocycles. The van der Waals surface area contributed by atoms with Gasteiger partial charge in [-0.15, -0.1) is 0 Å². The third-order valence-electron chi connectivity index (χ3n) is 3.84. The van der Waals surface area contributed by atoms with E-state index in [2.05, 4.69) is 10.6 Å². The van der Waals surface area contributed by atoms with Gasteiger partial charge in [0.05, 0.1) is 5.56 Å². The van der Waals surface area contributed by atoms with E-state index in [1.165, 1.54) is 31.2 Å². The van der Waals surface area contributed by atoms with Crippen molar-refractivity contribution in [2.45, 2.75) is 13.0 Å². The maximum atomic E-state index is 12.1. The van der Waals surface area contributed by atoms with Crippen LogP contribution in [0.15, 0.2) is 48.5 Å². The number of ether oxygens (including phenoxy) is 3. The van der Waals surface area contributed by atoms with E-state index in [4.69, 9.17) is 14.2 Å². The molecular formula is C20H18N2O7. The van der Waals surface area contributed by atoms with Gasteiger partial charge < -0.3 is 19.5 Å². The molecule has 1 aliphatic heterocycles. The topological polar surface area (TPSA) is 120 Å². The normalized spacial score (nSPS) is 14.4. The lowest BCUT2D eigenvalue weighted by Crippen LogP contribution is -2.47. The third-order valence-corrected chi connectivity index (χ3v) is 3.84. The van der Waals surface area contributed by atoms with Crippen LogP contribution < -0.4 is 20.1 Å². The summed E-state index contributed by atoms with van der Waals surface area (Å²) in [7, 11) is 0. The Labute approximate surface area is 165 Å². The number of benzene rings is 2. The number of carbonyl (C=O) groups excluding carboxylic acids is 4. The van der Waals surface area contributed by atoms with E-state index in [0.29, 0.717) is 17.2 Å². The first-order valence-electron chi connectivity index (χ1n) is 8.69. The molecule has 150 valence electrons. The fourth-order valence-corrected chi connectivity index (χ4v) is 2.51. The predicted molar refractivity (Wildman–Crippen MR) is 101 cm³/mol. The molecule has 1 heterocycles. The zero-order valence-electron chi connectivity index (χ0n) is 15.5. The molecule has 3 amide bonds. The molecule has 0 fully saturated rings. The summed E-state index contributed by atoms with van der Waals surface area (Å²) in [5, 5.41) is 4.68. The molecule has 2 N–H and O–H groups in total. The molecule has 1 aliphatic rings. The fraction of sp³-hybridized carbons (Fsp3) is 0.200. The SMILES string of the molecule is CC(=O)Nc1ccc(C(=O)OCC(=O)NC(=O)[C@H]2COc3ccccc3O2)cc1. The molecule has 2 aromatic rings. The summed E-state index contributed by atoms with van der Waals surface area (Å²) in [5.74, 6) is -1.55. The number of hydrogen-bond donors (Lipinski definition) is 2. The van der Waals surface area contributed by atoms with Gasteiger partial charge in [0.25, 0.3) is 11.8 Å². The second-order valence-electron chi connectivity index (χ2n) is 6.11. The van der Waals surface area contributed by atoms with E-state index in [1.807, 2.05) is 0 Å². The van der Waals surface area contributed by atoms with E-state index in [-0.39, 0.29) is 18.1 Å². The Balaban J connectivity index is 1.46. The summed E-state index contributed by atoms with van der Waals surface area (Å²) >= 11 is 0. The monoisotopic (exact) mass is 398 g/mol. The Morgan fingerprint density at radius 2 is 1.72 bits per heavy atom. The van der Waals surface area contributed by atoms with E-state index in [0.717, 1.165) is 0 Å². The van der Waals surface area contributed by atoms with E-state index in [1.54, 1.807) is 24.3 Å². The van der Waals surface area contributed by atoms with Crippen molar-refractivity contribution in [2.75, 3.05) is 18.5 Å². The number of anilines is 1. The van der Waals surface area contributed by atoms with Crippen LogP contribution >= 0.6 is 0 Å². The Bertz CT molecular complexity index is 940. The molecule has 0 saturated carbocycles. The van der Waals surface area contributed by atoms with Gasteiger partial charge in [0.1, 0.15) is 6.61 Å². The van der Waals surface area contributed by atoms with E-state index < -0.39 is 30.5 Å². The molecule has 9 heteroatoms. The number of imide groups is 1. The van der Waals surface area contributed by atoms with Crippen molar-refractivity contribution in [1.82, 2.24) is 5.32 Å². The van der Waals surface area contributed by atoms with Crippen molar-refractivity contribution in [1.29, 1.82) is 0 Å². The van der Waals surface area contributed by atoms with Crippen LogP contribution in [0.4, 0.5) is 5.69 Å². The predicted octanol–water partition coefficient (Wildman–Crippen LogP) is 1.28. The van der Waals surface area contributed by atoms with Gasteiger partial charge in [-0.1, -0.05) is 12.1 Å². The molecule has 0 unspecified atom stereocenters. The van der Waals surface area contributed by atoms with Crippen LogP contribution in [0.5, 0.6) is 11.5 Å². The summed E-state index contributed by atoms with van der Waals surface area (Å²) < 4.78 is 15.8. The number of fused-ring (bicyclic) bond motifs is 1. The molecule has 9 nitrogen and oxygen atoms in total. The first-order chi connectivity index (χ1) is 13.9. The van der Waals surface area contributed by atoms with Gasteiger partial charge >= 0.3 is 5.97 Å². The number of carbonyl (C=O) groups is 4. The number of esters is 1. The smallest absolute Gasteiger partial charge is 0.338 e. The van der Waals surface area contributed by atoms with Gasteiger partial charge in [0.15, 0.2) is 18.1 Å². The van der Waals surface area contributed by atoms with E-state index >= 15 is 0 Å². The summed E-state index contributed by atoms with van der Waals surface area (Å²) in [6, 6.07) is 12.8. The average Bonchev–Trinajstić information content (AvgIpc) is 2.71. The Hall–Kier alpha value is -3.88. The quantitative estimate of drug-likeness (QED) is 0.728. The first-order valence-corrected chi connectivity index (χ1v) is 8.69. The Kier molecular flexibility index (Phi) is 6.08. The van der Waals surface area contributed by atoms with Gasteiger partial charge in [0, 0.05) is 12.6 Å². The Morgan fingerprint density at radius 1 is 1.03 bits per heavy atom. The van der Waals surface area contributed by atoms with Gasteiger partial charge in [-0.25, -0.2) is 4.79 Å². The van der Waals surface area contributed by atoms with Crippen LogP contribution in [-0.4, -0.2) is 43.0 Å². The highest BCUT2D eigenvalue weighted by molar-refractivity contribution is 5.99. The lowest BCUT2D eigenvalue weighted by Gasteiger charge is -2.25. The highest BCUT2D eigenvalue weighted by Crippen LogP contribution is 2.30. The maximum Gasteiger partial charge on any atom is 0.338 e. The van der Waals surface area contributed by atoms with Crippen molar-refractivity contribution in [3.63, 3.8) is 0 Å². The van der Waals surface area contributed by atoms with Crippen LogP contribution in [0.25, 0.3) is 0 Å². The number of hydrogen-bond acceptors (Lipinski definition) is 7. The number of para-hydroxylation sites is 2. The standard InChI is InChI=1S/C20H18N2O7/c1-12(23)21-14-8-6-13(7-9-14)20(26)28-11-18(24)22-19(25)17-10-27-15-4-2-3-5-16(15)29-17/h2-9,17H,10-11H2,1H3,(H,21,23)(H,22,24,25)/t17-/m1/s1. The Morgan fingerprint density at radius 3 is 2.41 bits per heavy atom. The lowest BCUT2D eigenvalue weighted by atomic mass is 10.2. The molecule has 3 rings (SSSR count). The van der Waals surface area contributed by atoms with E-state index in [9.17, 15) is 19.2 Å². The van der Waals surface area contributed by atoms with Crippen LogP contribution in [0.3, 0.4) is 0 Å². The van der Waals surface area contributed by atoms with Gasteiger partial charge in [0.2, 0.25) is 12.0 Å². The summed E-state index contributed by atoms with van der Waals surface area (Å²) in [6.07, 6.45) is -0.995. The van der Waals surface area contributed by atoms with Crippen molar-refractivity contribution < 1.29 is 33.4 Å². The molecule has 1 atom stereocenters. The number of rotatable bonds is 5. The second kappa shape index (κ2) is 8.87. The minimum absolute atomic E-state index is 0.0451.